The largest absolute Gasteiger partial charge is 0.461 e. The van der Waals surface area contributed by atoms with Crippen LogP contribution in [0.3, 0.4) is 0 Å². The van der Waals surface area contributed by atoms with E-state index >= 15 is 0 Å². The highest BCUT2D eigenvalue weighted by atomic mass is 32.1. The maximum Gasteiger partial charge on any atom is 0.175 e. The second-order valence-corrected chi connectivity index (χ2v) is 3.96. The average molecular weight is 220 g/mol. The molecule has 0 saturated carbocycles. The molecule has 0 atom stereocenters. The van der Waals surface area contributed by atoms with Gasteiger partial charge in [-0.05, 0) is 32.4 Å². The molecule has 0 spiro atoms. The minimum Gasteiger partial charge on any atom is -0.461 e. The number of furan rings is 1. The van der Waals surface area contributed by atoms with Gasteiger partial charge in [-0.15, -0.1) is 0 Å². The Kier molecular flexibility index (Phi) is 2.44. The summed E-state index contributed by atoms with van der Waals surface area (Å²) in [6.45, 7) is 5.92. The number of aromatic amines is 1. The molecule has 0 bridgehead atoms. The van der Waals surface area contributed by atoms with E-state index in [0.29, 0.717) is 10.5 Å². The fourth-order valence-electron chi connectivity index (χ4n) is 1.37. The van der Waals surface area contributed by atoms with E-state index in [4.69, 9.17) is 16.6 Å². The van der Waals surface area contributed by atoms with Crippen LogP contribution in [0.1, 0.15) is 16.8 Å². The monoisotopic (exact) mass is 220 g/mol. The molecule has 0 saturated heterocycles. The maximum absolute atomic E-state index is 5.36. The SMILES string of the molecule is Cc1ccoc1-c1nc(=S)c(C)c(C)[nH]1. The quantitative estimate of drug-likeness (QED) is 0.749. The Morgan fingerprint density at radius 1 is 1.33 bits per heavy atom. The number of aryl methyl sites for hydroxylation is 2. The fraction of sp³-hybridized carbons (Fsp3) is 0.273. The van der Waals surface area contributed by atoms with Gasteiger partial charge in [-0.2, -0.15) is 0 Å². The van der Waals surface area contributed by atoms with Crippen LogP contribution in [0.15, 0.2) is 16.7 Å². The molecule has 0 fully saturated rings. The summed E-state index contributed by atoms with van der Waals surface area (Å²) < 4.78 is 5.98. The van der Waals surface area contributed by atoms with Crippen molar-refractivity contribution in [2.75, 3.05) is 0 Å². The topological polar surface area (TPSA) is 41.8 Å². The lowest BCUT2D eigenvalue weighted by atomic mass is 10.2. The molecule has 0 unspecified atom stereocenters. The Bertz CT molecular complexity index is 554. The lowest BCUT2D eigenvalue weighted by molar-refractivity contribution is 0.575. The van der Waals surface area contributed by atoms with Gasteiger partial charge < -0.3 is 9.40 Å². The summed E-state index contributed by atoms with van der Waals surface area (Å²) in [5, 5.41) is 0. The predicted molar refractivity (Wildman–Crippen MR) is 61.3 cm³/mol. The fourth-order valence-corrected chi connectivity index (χ4v) is 1.61. The van der Waals surface area contributed by atoms with E-state index in [-0.39, 0.29) is 0 Å². The van der Waals surface area contributed by atoms with E-state index in [9.17, 15) is 0 Å². The predicted octanol–water partition coefficient (Wildman–Crippen LogP) is 3.32. The van der Waals surface area contributed by atoms with Crippen LogP contribution in [-0.2, 0) is 0 Å². The summed E-state index contributed by atoms with van der Waals surface area (Å²) >= 11 is 5.17. The Labute approximate surface area is 93.2 Å². The van der Waals surface area contributed by atoms with Crippen LogP contribution < -0.4 is 0 Å². The molecule has 2 heterocycles. The third kappa shape index (κ3) is 1.72. The van der Waals surface area contributed by atoms with E-state index in [1.807, 2.05) is 26.8 Å². The molecule has 0 aliphatic carbocycles. The first kappa shape index (κ1) is 10.1. The van der Waals surface area contributed by atoms with Gasteiger partial charge in [-0.3, -0.25) is 0 Å². The van der Waals surface area contributed by atoms with E-state index in [2.05, 4.69) is 9.97 Å². The zero-order valence-corrected chi connectivity index (χ0v) is 9.73. The number of hydrogen-bond acceptors (Lipinski definition) is 3. The number of hydrogen-bond donors (Lipinski definition) is 1. The first-order chi connectivity index (χ1) is 7.09. The second-order valence-electron chi connectivity index (χ2n) is 3.57. The Balaban J connectivity index is 2.66. The Hall–Kier alpha value is -1.42. The minimum atomic E-state index is 0.622. The van der Waals surface area contributed by atoms with Crippen molar-refractivity contribution in [1.82, 2.24) is 9.97 Å². The van der Waals surface area contributed by atoms with E-state index < -0.39 is 0 Å². The normalized spacial score (nSPS) is 10.6. The van der Waals surface area contributed by atoms with Crippen LogP contribution in [0.5, 0.6) is 0 Å². The minimum absolute atomic E-state index is 0.622. The van der Waals surface area contributed by atoms with Crippen molar-refractivity contribution in [1.29, 1.82) is 0 Å². The number of nitrogens with zero attached hydrogens (tertiary/aromatic N) is 1. The molecular formula is C11H12N2OS. The average Bonchev–Trinajstić information content (AvgIpc) is 2.60. The van der Waals surface area contributed by atoms with Crippen molar-refractivity contribution in [2.45, 2.75) is 20.8 Å². The van der Waals surface area contributed by atoms with Gasteiger partial charge in [0.1, 0.15) is 4.64 Å². The Morgan fingerprint density at radius 2 is 2.07 bits per heavy atom. The first-order valence-electron chi connectivity index (χ1n) is 4.71. The van der Waals surface area contributed by atoms with Gasteiger partial charge in [-0.1, -0.05) is 12.2 Å². The summed E-state index contributed by atoms with van der Waals surface area (Å²) in [5.41, 5.74) is 3.09. The molecule has 3 nitrogen and oxygen atoms in total. The smallest absolute Gasteiger partial charge is 0.175 e. The lowest BCUT2D eigenvalue weighted by Gasteiger charge is -2.04. The summed E-state index contributed by atoms with van der Waals surface area (Å²) in [7, 11) is 0. The summed E-state index contributed by atoms with van der Waals surface area (Å²) in [6, 6.07) is 1.91. The molecule has 0 aromatic carbocycles. The van der Waals surface area contributed by atoms with Crippen LogP contribution in [0.2, 0.25) is 0 Å². The highest BCUT2D eigenvalue weighted by Gasteiger charge is 2.09. The van der Waals surface area contributed by atoms with E-state index in [0.717, 1.165) is 22.6 Å². The number of H-pyrrole nitrogens is 1. The van der Waals surface area contributed by atoms with Crippen LogP contribution in [0.25, 0.3) is 11.6 Å². The van der Waals surface area contributed by atoms with Crippen molar-refractivity contribution >= 4 is 12.2 Å². The van der Waals surface area contributed by atoms with Gasteiger partial charge in [0, 0.05) is 11.3 Å². The molecule has 2 aromatic rings. The van der Waals surface area contributed by atoms with Gasteiger partial charge in [0.05, 0.1) is 6.26 Å². The van der Waals surface area contributed by atoms with Gasteiger partial charge in [0.2, 0.25) is 0 Å². The molecule has 78 valence electrons. The van der Waals surface area contributed by atoms with Crippen molar-refractivity contribution in [3.05, 3.63) is 33.8 Å². The molecule has 0 aliphatic heterocycles. The second kappa shape index (κ2) is 3.62. The molecule has 0 aliphatic rings. The maximum atomic E-state index is 5.36. The van der Waals surface area contributed by atoms with Gasteiger partial charge in [0.15, 0.2) is 11.6 Å². The molecule has 2 aromatic heterocycles. The lowest BCUT2D eigenvalue weighted by Crippen LogP contribution is -1.96. The third-order valence-corrected chi connectivity index (χ3v) is 2.88. The van der Waals surface area contributed by atoms with Crippen LogP contribution >= 0.6 is 12.2 Å². The zero-order chi connectivity index (χ0) is 11.0. The van der Waals surface area contributed by atoms with Gasteiger partial charge in [-0.25, -0.2) is 4.98 Å². The van der Waals surface area contributed by atoms with E-state index in [1.165, 1.54) is 0 Å². The molecule has 15 heavy (non-hydrogen) atoms. The summed E-state index contributed by atoms with van der Waals surface area (Å²) in [5.74, 6) is 1.45. The van der Waals surface area contributed by atoms with Crippen LogP contribution in [0.4, 0.5) is 0 Å². The molecule has 4 heteroatoms. The molecule has 0 amide bonds. The van der Waals surface area contributed by atoms with Crippen molar-refractivity contribution in [2.24, 2.45) is 0 Å². The van der Waals surface area contributed by atoms with Crippen molar-refractivity contribution in [3.8, 4) is 11.6 Å². The van der Waals surface area contributed by atoms with Crippen LogP contribution in [0, 0.1) is 25.4 Å². The zero-order valence-electron chi connectivity index (χ0n) is 8.92. The number of aromatic nitrogens is 2. The Morgan fingerprint density at radius 3 is 2.60 bits per heavy atom. The molecular weight excluding hydrogens is 208 g/mol. The van der Waals surface area contributed by atoms with Crippen LogP contribution in [-0.4, -0.2) is 9.97 Å². The standard InChI is InChI=1S/C11H12N2OS/c1-6-4-5-14-9(6)10-12-8(3)7(2)11(15)13-10/h4-5H,1-3H3,(H,12,13,15). The number of rotatable bonds is 1. The summed E-state index contributed by atoms with van der Waals surface area (Å²) in [6.07, 6.45) is 1.65. The molecule has 2 rings (SSSR count). The highest BCUT2D eigenvalue weighted by Crippen LogP contribution is 2.21. The summed E-state index contributed by atoms with van der Waals surface area (Å²) in [4.78, 5) is 7.49. The van der Waals surface area contributed by atoms with E-state index in [1.54, 1.807) is 6.26 Å². The first-order valence-corrected chi connectivity index (χ1v) is 5.12. The molecule has 0 radical (unpaired) electrons. The third-order valence-electron chi connectivity index (χ3n) is 2.48. The number of nitrogens with one attached hydrogen (secondary N) is 1. The van der Waals surface area contributed by atoms with Gasteiger partial charge in [0.25, 0.3) is 0 Å². The van der Waals surface area contributed by atoms with Crippen molar-refractivity contribution < 1.29 is 4.42 Å². The van der Waals surface area contributed by atoms with Gasteiger partial charge >= 0.3 is 0 Å². The highest BCUT2D eigenvalue weighted by molar-refractivity contribution is 7.71. The molecule has 1 N–H and O–H groups in total. The van der Waals surface area contributed by atoms with Crippen molar-refractivity contribution in [3.63, 3.8) is 0 Å².